The van der Waals surface area contributed by atoms with Crippen LogP contribution in [0.15, 0.2) is 30.3 Å². The van der Waals surface area contributed by atoms with Crippen molar-refractivity contribution in [1.82, 2.24) is 0 Å². The molecular formula is C29H38O16. The van der Waals surface area contributed by atoms with Gasteiger partial charge in [-0.2, -0.15) is 0 Å². The second kappa shape index (κ2) is 13.4. The Morgan fingerprint density at radius 3 is 2.11 bits per heavy atom. The van der Waals surface area contributed by atoms with E-state index in [4.69, 9.17) is 33.2 Å². The molecule has 2 saturated heterocycles. The van der Waals surface area contributed by atoms with Gasteiger partial charge in [-0.25, -0.2) is 0 Å². The summed E-state index contributed by atoms with van der Waals surface area (Å²) in [6.07, 6.45) is -19.4. The molecule has 0 spiro atoms. The Kier molecular flexibility index (Phi) is 9.93. The normalized spacial score (nSPS) is 38.2. The van der Waals surface area contributed by atoms with E-state index in [-0.39, 0.29) is 17.1 Å². The molecule has 2 aromatic carbocycles. The Hall–Kier alpha value is -3.00. The highest BCUT2D eigenvalue weighted by atomic mass is 16.7. The van der Waals surface area contributed by atoms with Crippen molar-refractivity contribution in [3.8, 4) is 28.7 Å². The van der Waals surface area contributed by atoms with Gasteiger partial charge in [0, 0.05) is 12.1 Å². The summed E-state index contributed by atoms with van der Waals surface area (Å²) in [5.74, 6) is 0.0681. The fraction of sp³-hybridized carbons (Fsp3) is 0.586. The first-order valence-electron chi connectivity index (χ1n) is 14.2. The van der Waals surface area contributed by atoms with Crippen LogP contribution in [0.5, 0.6) is 28.7 Å². The van der Waals surface area contributed by atoms with Crippen LogP contribution in [0, 0.1) is 0 Å². The SMILES string of the molecule is COc1ccc(C2Oc3cc(OC4OC(CO)C(OC5OC(C)C(O)C(O)C5O)C(O)C4O)cc(O)c3C(O)C2O)cc1OC. The number of aliphatic hydroxyl groups excluding tert-OH is 8. The van der Waals surface area contributed by atoms with Crippen LogP contribution in [-0.4, -0.2) is 134 Å². The number of aliphatic hydroxyl groups is 8. The Morgan fingerprint density at radius 2 is 1.44 bits per heavy atom. The van der Waals surface area contributed by atoms with Crippen molar-refractivity contribution in [2.24, 2.45) is 0 Å². The Morgan fingerprint density at radius 1 is 0.756 bits per heavy atom. The first kappa shape index (κ1) is 33.4. The van der Waals surface area contributed by atoms with Crippen molar-refractivity contribution >= 4 is 0 Å². The zero-order valence-electron chi connectivity index (χ0n) is 24.5. The molecule has 5 rings (SSSR count). The predicted octanol–water partition coefficient (Wildman–Crippen LogP) is -2.03. The molecule has 2 fully saturated rings. The van der Waals surface area contributed by atoms with Gasteiger partial charge in [-0.05, 0) is 24.6 Å². The van der Waals surface area contributed by atoms with Crippen LogP contribution >= 0.6 is 0 Å². The maximum absolute atomic E-state index is 10.9. The summed E-state index contributed by atoms with van der Waals surface area (Å²) in [4.78, 5) is 0. The van der Waals surface area contributed by atoms with Crippen LogP contribution in [0.25, 0.3) is 0 Å². The lowest BCUT2D eigenvalue weighted by molar-refractivity contribution is -0.349. The van der Waals surface area contributed by atoms with Crippen LogP contribution < -0.4 is 18.9 Å². The molecule has 16 heteroatoms. The van der Waals surface area contributed by atoms with E-state index in [0.717, 1.165) is 6.07 Å². The van der Waals surface area contributed by atoms with Crippen LogP contribution in [0.3, 0.4) is 0 Å². The lowest BCUT2D eigenvalue weighted by Gasteiger charge is -2.45. The quantitative estimate of drug-likeness (QED) is 0.151. The third-order valence-corrected chi connectivity index (χ3v) is 8.19. The minimum Gasteiger partial charge on any atom is -0.507 e. The first-order chi connectivity index (χ1) is 21.4. The van der Waals surface area contributed by atoms with Gasteiger partial charge in [0.25, 0.3) is 0 Å². The van der Waals surface area contributed by atoms with Gasteiger partial charge in [0.15, 0.2) is 23.9 Å². The van der Waals surface area contributed by atoms with E-state index in [2.05, 4.69) is 0 Å². The van der Waals surface area contributed by atoms with E-state index in [0.29, 0.717) is 17.1 Å². The third kappa shape index (κ3) is 6.24. The highest BCUT2D eigenvalue weighted by Gasteiger charge is 2.51. The lowest BCUT2D eigenvalue weighted by Crippen LogP contribution is -2.64. The van der Waals surface area contributed by atoms with E-state index in [1.165, 1.54) is 27.2 Å². The fourth-order valence-electron chi connectivity index (χ4n) is 5.62. The molecule has 3 aliphatic rings. The van der Waals surface area contributed by atoms with Crippen LogP contribution in [0.4, 0.5) is 0 Å². The average molecular weight is 643 g/mol. The monoisotopic (exact) mass is 642 g/mol. The maximum atomic E-state index is 10.9. The molecule has 3 aliphatic heterocycles. The summed E-state index contributed by atoms with van der Waals surface area (Å²) in [6.45, 7) is 0.688. The molecule has 0 bridgehead atoms. The summed E-state index contributed by atoms with van der Waals surface area (Å²) < 4.78 is 38.9. The lowest BCUT2D eigenvalue weighted by atomic mass is 9.91. The largest absolute Gasteiger partial charge is 0.507 e. The molecule has 0 amide bonds. The van der Waals surface area contributed by atoms with Crippen molar-refractivity contribution in [3.63, 3.8) is 0 Å². The topological polar surface area (TPSA) is 247 Å². The molecule has 0 saturated carbocycles. The van der Waals surface area contributed by atoms with Crippen molar-refractivity contribution in [2.45, 2.75) is 86.6 Å². The summed E-state index contributed by atoms with van der Waals surface area (Å²) in [5.41, 5.74) is 0.302. The van der Waals surface area contributed by atoms with Crippen molar-refractivity contribution < 1.29 is 79.1 Å². The van der Waals surface area contributed by atoms with E-state index < -0.39 is 92.1 Å². The highest BCUT2D eigenvalue weighted by molar-refractivity contribution is 5.54. The van der Waals surface area contributed by atoms with Crippen molar-refractivity contribution in [2.75, 3.05) is 20.8 Å². The van der Waals surface area contributed by atoms with Crippen molar-refractivity contribution in [3.05, 3.63) is 41.5 Å². The molecule has 45 heavy (non-hydrogen) atoms. The molecular weight excluding hydrogens is 604 g/mol. The number of methoxy groups -OCH3 is 2. The van der Waals surface area contributed by atoms with Gasteiger partial charge in [-0.15, -0.1) is 0 Å². The molecule has 13 unspecified atom stereocenters. The first-order valence-corrected chi connectivity index (χ1v) is 14.2. The number of aromatic hydroxyl groups is 1. The van der Waals surface area contributed by atoms with Gasteiger partial charge in [-0.1, -0.05) is 6.07 Å². The van der Waals surface area contributed by atoms with E-state index in [9.17, 15) is 46.0 Å². The molecule has 9 N–H and O–H groups in total. The van der Waals surface area contributed by atoms with E-state index >= 15 is 0 Å². The number of benzene rings is 2. The minimum absolute atomic E-state index is 0.0633. The second-order valence-electron chi connectivity index (χ2n) is 11.0. The number of hydrogen-bond acceptors (Lipinski definition) is 16. The molecule has 0 aliphatic carbocycles. The summed E-state index contributed by atoms with van der Waals surface area (Å²) in [7, 11) is 2.90. The Bertz CT molecular complexity index is 1320. The van der Waals surface area contributed by atoms with Gasteiger partial charge in [0.05, 0.1) is 32.5 Å². The van der Waals surface area contributed by atoms with Gasteiger partial charge < -0.3 is 79.1 Å². The average Bonchev–Trinajstić information content (AvgIpc) is 3.03. The van der Waals surface area contributed by atoms with Crippen molar-refractivity contribution in [1.29, 1.82) is 0 Å². The standard InChI is InChI=1S/C29H38O16/c1-10-19(32)21(34)24(37)28(41-10)45-27-17(9-30)44-29(25(38)23(27)36)42-12-7-13(31)18-16(8-12)43-26(22(35)20(18)33)11-4-5-14(39-2)15(6-11)40-3/h4-8,10,17,19-38H,9H2,1-3H3. The van der Waals surface area contributed by atoms with Crippen LogP contribution in [0.1, 0.15) is 30.3 Å². The molecule has 0 radical (unpaired) electrons. The van der Waals surface area contributed by atoms with Crippen LogP contribution in [-0.2, 0) is 14.2 Å². The smallest absolute Gasteiger partial charge is 0.229 e. The number of rotatable bonds is 8. The molecule has 2 aromatic rings. The number of hydrogen-bond donors (Lipinski definition) is 9. The third-order valence-electron chi connectivity index (χ3n) is 8.19. The van der Waals surface area contributed by atoms with E-state index in [1.807, 2.05) is 0 Å². The van der Waals surface area contributed by atoms with Gasteiger partial charge in [-0.3, -0.25) is 0 Å². The summed E-state index contributed by atoms with van der Waals surface area (Å²) in [5, 5.41) is 94.5. The van der Waals surface area contributed by atoms with Gasteiger partial charge >= 0.3 is 0 Å². The second-order valence-corrected chi connectivity index (χ2v) is 11.0. The maximum Gasteiger partial charge on any atom is 0.229 e. The Labute approximate surface area is 257 Å². The zero-order chi connectivity index (χ0) is 32.7. The summed E-state index contributed by atoms with van der Waals surface area (Å²) >= 11 is 0. The molecule has 250 valence electrons. The highest BCUT2D eigenvalue weighted by Crippen LogP contribution is 2.48. The Balaban J connectivity index is 1.34. The number of phenols is 1. The fourth-order valence-corrected chi connectivity index (χ4v) is 5.62. The molecule has 3 heterocycles. The number of fused-ring (bicyclic) bond motifs is 1. The van der Waals surface area contributed by atoms with Gasteiger partial charge in [0.1, 0.15) is 72.2 Å². The predicted molar refractivity (Wildman–Crippen MR) is 148 cm³/mol. The van der Waals surface area contributed by atoms with E-state index in [1.54, 1.807) is 18.2 Å². The van der Waals surface area contributed by atoms with Crippen LogP contribution in [0.2, 0.25) is 0 Å². The number of phenolic OH excluding ortho intramolecular Hbond substituents is 1. The zero-order valence-corrected chi connectivity index (χ0v) is 24.5. The van der Waals surface area contributed by atoms with Gasteiger partial charge in [0.2, 0.25) is 6.29 Å². The minimum atomic E-state index is -1.81. The molecule has 16 nitrogen and oxygen atoms in total. The molecule has 0 aromatic heterocycles. The number of ether oxygens (including phenoxy) is 7. The molecule has 13 atom stereocenters. The summed E-state index contributed by atoms with van der Waals surface area (Å²) in [6, 6.07) is 7.12.